The van der Waals surface area contributed by atoms with Gasteiger partial charge in [-0.3, -0.25) is 4.79 Å². The number of hydrogen-bond donors (Lipinski definition) is 5. The van der Waals surface area contributed by atoms with Crippen molar-refractivity contribution in [2.24, 2.45) is 0 Å². The molecule has 0 saturated carbocycles. The third-order valence-electron chi connectivity index (χ3n) is 5.29. The van der Waals surface area contributed by atoms with Crippen LogP contribution in [-0.4, -0.2) is 81.6 Å². The predicted molar refractivity (Wildman–Crippen MR) is 108 cm³/mol. The number of esters is 1. The number of nitrogens with one attached hydrogen (secondary N) is 4. The van der Waals surface area contributed by atoms with Crippen LogP contribution in [-0.2, 0) is 9.53 Å². The molecule has 9 nitrogen and oxygen atoms in total. The quantitative estimate of drug-likeness (QED) is 0.328. The van der Waals surface area contributed by atoms with E-state index < -0.39 is 5.97 Å². The second-order valence-electron chi connectivity index (χ2n) is 7.21. The lowest BCUT2D eigenvalue weighted by Gasteiger charge is -2.28. The zero-order valence-electron chi connectivity index (χ0n) is 17.0. The molecule has 3 rings (SSSR count). The Hall–Kier alpha value is -2.62. The largest absolute Gasteiger partial charge is 0.497 e. The van der Waals surface area contributed by atoms with Crippen LogP contribution in [0.15, 0.2) is 18.2 Å². The lowest BCUT2D eigenvalue weighted by Crippen LogP contribution is -3.28. The number of carbonyl (C=O) groups excluding carboxylic acids is 2. The maximum absolute atomic E-state index is 12.7. The molecule has 1 amide bonds. The van der Waals surface area contributed by atoms with Gasteiger partial charge in [0.25, 0.3) is 5.91 Å². The summed E-state index contributed by atoms with van der Waals surface area (Å²) in [5.74, 6) is -0.0255. The molecular formula is C20H30N4O5+2. The maximum atomic E-state index is 12.7. The second-order valence-corrected chi connectivity index (χ2v) is 7.21. The first-order valence-electron chi connectivity index (χ1n) is 10.00. The lowest BCUT2D eigenvalue weighted by molar-refractivity contribution is -1.01. The van der Waals surface area contributed by atoms with E-state index in [1.54, 1.807) is 32.2 Å². The zero-order chi connectivity index (χ0) is 20.8. The Labute approximate surface area is 169 Å². The molecule has 2 aromatic rings. The Morgan fingerprint density at radius 2 is 1.93 bits per heavy atom. The highest BCUT2D eigenvalue weighted by molar-refractivity contribution is 6.11. The van der Waals surface area contributed by atoms with Crippen molar-refractivity contribution >= 4 is 28.5 Å². The van der Waals surface area contributed by atoms with Crippen LogP contribution in [0, 0.1) is 0 Å². The summed E-state index contributed by atoms with van der Waals surface area (Å²) < 4.78 is 10.4. The predicted octanol–water partition coefficient (Wildman–Crippen LogP) is -1.93. The van der Waals surface area contributed by atoms with Gasteiger partial charge < -0.3 is 34.7 Å². The van der Waals surface area contributed by atoms with Crippen molar-refractivity contribution < 1.29 is 34.0 Å². The molecular weight excluding hydrogens is 376 g/mol. The number of aliphatic hydroxyl groups excluding tert-OH is 1. The number of fused-ring (bicyclic) bond motifs is 1. The number of piperazine rings is 1. The molecule has 1 aromatic heterocycles. The summed E-state index contributed by atoms with van der Waals surface area (Å²) in [4.78, 5) is 30.7. The van der Waals surface area contributed by atoms with Gasteiger partial charge in [-0.15, -0.1) is 0 Å². The van der Waals surface area contributed by atoms with Crippen LogP contribution in [0.2, 0.25) is 0 Å². The van der Waals surface area contributed by atoms with Gasteiger partial charge in [0.2, 0.25) is 0 Å². The highest BCUT2D eigenvalue weighted by Crippen LogP contribution is 2.31. The molecule has 0 aliphatic carbocycles. The molecule has 0 unspecified atom stereocenters. The standard InChI is InChI=1S/C20H28N4O5/c1-3-29-20(27)19-18(15-12-14(28-2)4-5-16(15)21-19)22-17(26)13-24-8-6-23(7-9-24)10-11-25/h4-5,12,21,25H,3,6-11,13H2,1-2H3,(H,22,26)/p+2. The smallest absolute Gasteiger partial charge is 0.356 e. The number of aromatic nitrogens is 1. The van der Waals surface area contributed by atoms with E-state index in [4.69, 9.17) is 14.6 Å². The number of methoxy groups -OCH3 is 1. The highest BCUT2D eigenvalue weighted by Gasteiger charge is 2.26. The number of quaternary nitrogens is 2. The number of ether oxygens (including phenoxy) is 2. The number of anilines is 1. The SMILES string of the molecule is CCOC(=O)c1[nH]c2ccc(OC)cc2c1NC(=O)C[NH+]1CC[NH+](CCO)CC1. The van der Waals surface area contributed by atoms with E-state index in [9.17, 15) is 9.59 Å². The van der Waals surface area contributed by atoms with Crippen molar-refractivity contribution in [2.75, 3.05) is 64.9 Å². The molecule has 1 aliphatic heterocycles. The molecule has 5 N–H and O–H groups in total. The first-order chi connectivity index (χ1) is 14.0. The topological polar surface area (TPSA) is 110 Å². The van der Waals surface area contributed by atoms with Crippen LogP contribution >= 0.6 is 0 Å². The fourth-order valence-corrected chi connectivity index (χ4v) is 3.74. The van der Waals surface area contributed by atoms with Crippen LogP contribution in [0.1, 0.15) is 17.4 Å². The molecule has 0 spiro atoms. The molecule has 9 heteroatoms. The third-order valence-corrected chi connectivity index (χ3v) is 5.29. The number of rotatable bonds is 8. The molecule has 29 heavy (non-hydrogen) atoms. The summed E-state index contributed by atoms with van der Waals surface area (Å²) in [6.07, 6.45) is 0. The summed E-state index contributed by atoms with van der Waals surface area (Å²) in [5, 5.41) is 12.7. The normalized spacial score (nSPS) is 19.1. The molecule has 1 aliphatic rings. The van der Waals surface area contributed by atoms with Gasteiger partial charge in [-0.05, 0) is 25.1 Å². The van der Waals surface area contributed by atoms with E-state index in [0.717, 1.165) is 38.2 Å². The van der Waals surface area contributed by atoms with Crippen molar-refractivity contribution in [3.63, 3.8) is 0 Å². The van der Waals surface area contributed by atoms with Gasteiger partial charge >= 0.3 is 5.97 Å². The number of amides is 1. The molecule has 1 saturated heterocycles. The van der Waals surface area contributed by atoms with E-state index in [1.165, 1.54) is 9.80 Å². The number of benzene rings is 1. The summed E-state index contributed by atoms with van der Waals surface area (Å²) in [5.41, 5.74) is 1.37. The van der Waals surface area contributed by atoms with Gasteiger partial charge in [-0.25, -0.2) is 4.79 Å². The molecule has 0 radical (unpaired) electrons. The average Bonchev–Trinajstić information content (AvgIpc) is 3.07. The Balaban J connectivity index is 1.76. The van der Waals surface area contributed by atoms with Gasteiger partial charge in [0.15, 0.2) is 6.54 Å². The van der Waals surface area contributed by atoms with Gasteiger partial charge in [-0.1, -0.05) is 0 Å². The van der Waals surface area contributed by atoms with Crippen LogP contribution in [0.5, 0.6) is 5.75 Å². The van der Waals surface area contributed by atoms with Crippen LogP contribution in [0.3, 0.4) is 0 Å². The second kappa shape index (κ2) is 9.73. The van der Waals surface area contributed by atoms with Gasteiger partial charge in [0.05, 0.1) is 26.0 Å². The van der Waals surface area contributed by atoms with E-state index >= 15 is 0 Å². The van der Waals surface area contributed by atoms with E-state index in [2.05, 4.69) is 10.3 Å². The first kappa shape index (κ1) is 21.1. The lowest BCUT2D eigenvalue weighted by atomic mass is 10.2. The highest BCUT2D eigenvalue weighted by atomic mass is 16.5. The third kappa shape index (κ3) is 5.06. The fourth-order valence-electron chi connectivity index (χ4n) is 3.74. The Morgan fingerprint density at radius 3 is 2.59 bits per heavy atom. The summed E-state index contributed by atoms with van der Waals surface area (Å²) >= 11 is 0. The molecule has 0 bridgehead atoms. The summed E-state index contributed by atoms with van der Waals surface area (Å²) in [7, 11) is 1.57. The van der Waals surface area contributed by atoms with Crippen molar-refractivity contribution in [1.82, 2.24) is 4.98 Å². The molecule has 1 aromatic carbocycles. The van der Waals surface area contributed by atoms with Crippen molar-refractivity contribution in [1.29, 1.82) is 0 Å². The Morgan fingerprint density at radius 1 is 1.21 bits per heavy atom. The van der Waals surface area contributed by atoms with Gasteiger partial charge in [0, 0.05) is 10.9 Å². The monoisotopic (exact) mass is 406 g/mol. The van der Waals surface area contributed by atoms with Crippen molar-refractivity contribution in [3.8, 4) is 5.75 Å². The van der Waals surface area contributed by atoms with Crippen LogP contribution in [0.25, 0.3) is 10.9 Å². The number of H-pyrrole nitrogens is 1. The minimum atomic E-state index is -0.508. The van der Waals surface area contributed by atoms with Gasteiger partial charge in [0.1, 0.15) is 44.2 Å². The number of aliphatic hydroxyl groups is 1. The Kier molecular flexibility index (Phi) is 7.08. The maximum Gasteiger partial charge on any atom is 0.356 e. The van der Waals surface area contributed by atoms with Crippen LogP contribution < -0.4 is 19.9 Å². The molecule has 0 atom stereocenters. The minimum absolute atomic E-state index is 0.153. The first-order valence-corrected chi connectivity index (χ1v) is 10.00. The summed E-state index contributed by atoms with van der Waals surface area (Å²) in [6.45, 7) is 6.85. The molecule has 1 fully saturated rings. The van der Waals surface area contributed by atoms with E-state index in [0.29, 0.717) is 23.4 Å². The number of hydrogen-bond acceptors (Lipinski definition) is 5. The van der Waals surface area contributed by atoms with Crippen molar-refractivity contribution in [3.05, 3.63) is 23.9 Å². The summed E-state index contributed by atoms with van der Waals surface area (Å²) in [6, 6.07) is 5.38. The van der Waals surface area contributed by atoms with Crippen LogP contribution in [0.4, 0.5) is 5.69 Å². The zero-order valence-corrected chi connectivity index (χ0v) is 17.0. The molecule has 2 heterocycles. The molecule has 158 valence electrons. The van der Waals surface area contributed by atoms with E-state index in [-0.39, 0.29) is 24.8 Å². The Bertz CT molecular complexity index is 858. The van der Waals surface area contributed by atoms with Crippen molar-refractivity contribution in [2.45, 2.75) is 6.92 Å². The fraction of sp³-hybridized carbons (Fsp3) is 0.500. The number of carbonyl (C=O) groups is 2. The van der Waals surface area contributed by atoms with E-state index in [1.807, 2.05) is 0 Å². The average molecular weight is 406 g/mol. The number of aromatic amines is 1. The minimum Gasteiger partial charge on any atom is -0.497 e. The van der Waals surface area contributed by atoms with Gasteiger partial charge in [-0.2, -0.15) is 0 Å².